The van der Waals surface area contributed by atoms with Crippen molar-refractivity contribution in [2.24, 2.45) is 0 Å². The molecule has 5 nitrogen and oxygen atoms in total. The highest BCUT2D eigenvalue weighted by atomic mass is 16.5. The number of rotatable bonds is 5. The fraction of sp³-hybridized carbons (Fsp3) is 0.118. The molecule has 0 saturated carbocycles. The Morgan fingerprint density at radius 2 is 1.86 bits per heavy atom. The number of esters is 1. The zero-order valence-electron chi connectivity index (χ0n) is 12.0. The fourth-order valence-electron chi connectivity index (χ4n) is 1.79. The van der Waals surface area contributed by atoms with E-state index in [1.165, 1.54) is 37.4 Å². The molecule has 0 aliphatic rings. The van der Waals surface area contributed by atoms with E-state index in [1.54, 1.807) is 24.3 Å². The van der Waals surface area contributed by atoms with Crippen LogP contribution in [0.15, 0.2) is 48.5 Å². The Bertz CT molecular complexity index is 674. The van der Waals surface area contributed by atoms with Gasteiger partial charge >= 0.3 is 5.97 Å². The van der Waals surface area contributed by atoms with E-state index in [0.29, 0.717) is 11.3 Å². The van der Waals surface area contributed by atoms with Gasteiger partial charge in [0, 0.05) is 0 Å². The molecule has 2 rings (SSSR count). The lowest BCUT2D eigenvalue weighted by Gasteiger charge is -2.04. The largest absolute Gasteiger partial charge is 0.508 e. The first kappa shape index (κ1) is 15.4. The Kier molecular flexibility index (Phi) is 5.03. The second kappa shape index (κ2) is 7.17. The van der Waals surface area contributed by atoms with Gasteiger partial charge in [0.05, 0.1) is 12.7 Å². The Morgan fingerprint density at radius 1 is 1.14 bits per heavy atom. The van der Waals surface area contributed by atoms with Crippen LogP contribution in [0.4, 0.5) is 0 Å². The summed E-state index contributed by atoms with van der Waals surface area (Å²) in [4.78, 5) is 11.7. The molecule has 0 heterocycles. The summed E-state index contributed by atoms with van der Waals surface area (Å²) in [6.07, 6.45) is 3.44. The van der Waals surface area contributed by atoms with Crippen molar-refractivity contribution >= 4 is 12.0 Å². The van der Waals surface area contributed by atoms with Crippen LogP contribution in [-0.2, 0) is 4.74 Å². The van der Waals surface area contributed by atoms with Gasteiger partial charge in [0.1, 0.15) is 12.4 Å². The van der Waals surface area contributed by atoms with Crippen LogP contribution in [0.3, 0.4) is 0 Å². The normalized spacial score (nSPS) is 10.6. The number of phenolic OH excluding ortho intramolecular Hbond substituents is 2. The zero-order chi connectivity index (χ0) is 15.9. The zero-order valence-corrected chi connectivity index (χ0v) is 12.0. The first-order valence-corrected chi connectivity index (χ1v) is 6.60. The molecular weight excluding hydrogens is 284 g/mol. The van der Waals surface area contributed by atoms with Crippen molar-refractivity contribution in [2.75, 3.05) is 13.7 Å². The highest BCUT2D eigenvalue weighted by Gasteiger charge is 2.05. The molecule has 0 radical (unpaired) electrons. The molecule has 0 spiro atoms. The van der Waals surface area contributed by atoms with E-state index < -0.39 is 5.97 Å². The molecule has 0 bridgehead atoms. The van der Waals surface area contributed by atoms with E-state index in [0.717, 1.165) is 5.56 Å². The summed E-state index contributed by atoms with van der Waals surface area (Å²) in [6, 6.07) is 10.8. The van der Waals surface area contributed by atoms with Crippen LogP contribution >= 0.6 is 0 Å². The van der Waals surface area contributed by atoms with Gasteiger partial charge < -0.3 is 19.7 Å². The van der Waals surface area contributed by atoms with Crippen molar-refractivity contribution in [1.82, 2.24) is 0 Å². The third-order valence-electron chi connectivity index (χ3n) is 2.93. The van der Waals surface area contributed by atoms with Gasteiger partial charge in [-0.15, -0.1) is 0 Å². The predicted molar refractivity (Wildman–Crippen MR) is 82.1 cm³/mol. The lowest BCUT2D eigenvalue weighted by molar-refractivity contribution is 0.0550. The third-order valence-corrected chi connectivity index (χ3v) is 2.93. The van der Waals surface area contributed by atoms with Gasteiger partial charge in [-0.3, -0.25) is 0 Å². The minimum atomic E-state index is -0.465. The van der Waals surface area contributed by atoms with Gasteiger partial charge in [0.15, 0.2) is 11.5 Å². The van der Waals surface area contributed by atoms with Crippen LogP contribution in [0.5, 0.6) is 17.2 Å². The van der Waals surface area contributed by atoms with E-state index >= 15 is 0 Å². The lowest BCUT2D eigenvalue weighted by atomic mass is 10.2. The van der Waals surface area contributed by atoms with Crippen LogP contribution in [0, 0.1) is 0 Å². The summed E-state index contributed by atoms with van der Waals surface area (Å²) in [5.74, 6) is 0.0762. The maximum atomic E-state index is 11.7. The van der Waals surface area contributed by atoms with Crippen molar-refractivity contribution in [3.05, 3.63) is 59.7 Å². The molecule has 5 heteroatoms. The average molecular weight is 300 g/mol. The molecule has 0 aliphatic heterocycles. The molecule has 22 heavy (non-hydrogen) atoms. The highest BCUT2D eigenvalue weighted by molar-refractivity contribution is 5.89. The van der Waals surface area contributed by atoms with E-state index in [2.05, 4.69) is 0 Å². The first-order chi connectivity index (χ1) is 10.6. The van der Waals surface area contributed by atoms with Gasteiger partial charge in [0.25, 0.3) is 0 Å². The quantitative estimate of drug-likeness (QED) is 0.830. The highest BCUT2D eigenvalue weighted by Crippen LogP contribution is 2.26. The van der Waals surface area contributed by atoms with Gasteiger partial charge in [-0.1, -0.05) is 12.1 Å². The predicted octanol–water partition coefficient (Wildman–Crippen LogP) is 2.98. The summed E-state index contributed by atoms with van der Waals surface area (Å²) in [5, 5.41) is 18.6. The molecule has 0 unspecified atom stereocenters. The number of phenols is 2. The smallest absolute Gasteiger partial charge is 0.338 e. The Balaban J connectivity index is 1.90. The molecule has 2 aromatic rings. The second-order valence-corrected chi connectivity index (χ2v) is 4.48. The number of carbonyl (C=O) groups excluding carboxylic acids is 1. The van der Waals surface area contributed by atoms with Crippen LogP contribution in [0.2, 0.25) is 0 Å². The average Bonchev–Trinajstić information content (AvgIpc) is 2.53. The topological polar surface area (TPSA) is 76.0 Å². The lowest BCUT2D eigenvalue weighted by Crippen LogP contribution is -2.04. The monoisotopic (exact) mass is 300 g/mol. The maximum absolute atomic E-state index is 11.7. The summed E-state index contributed by atoms with van der Waals surface area (Å²) in [6.45, 7) is 0.114. The van der Waals surface area contributed by atoms with Gasteiger partial charge in [-0.25, -0.2) is 4.79 Å². The molecule has 2 aromatic carbocycles. The SMILES string of the molecule is COc1cc(/C=C/COC(=O)c2ccc(O)cc2)ccc1O. The number of methoxy groups -OCH3 is 1. The molecule has 0 saturated heterocycles. The number of benzene rings is 2. The molecule has 0 atom stereocenters. The minimum Gasteiger partial charge on any atom is -0.508 e. The molecule has 0 amide bonds. The Labute approximate surface area is 128 Å². The number of carbonyl (C=O) groups is 1. The van der Waals surface area contributed by atoms with Crippen molar-refractivity contribution in [3.63, 3.8) is 0 Å². The van der Waals surface area contributed by atoms with Crippen molar-refractivity contribution < 1.29 is 24.5 Å². The molecule has 0 aromatic heterocycles. The van der Waals surface area contributed by atoms with Crippen LogP contribution < -0.4 is 4.74 Å². The summed E-state index contributed by atoms with van der Waals surface area (Å²) < 4.78 is 10.1. The Hall–Kier alpha value is -2.95. The third kappa shape index (κ3) is 4.02. The van der Waals surface area contributed by atoms with Crippen LogP contribution in [0.1, 0.15) is 15.9 Å². The van der Waals surface area contributed by atoms with E-state index in [9.17, 15) is 9.90 Å². The summed E-state index contributed by atoms with van der Waals surface area (Å²) in [5.41, 5.74) is 1.19. The molecule has 0 aliphatic carbocycles. The maximum Gasteiger partial charge on any atom is 0.338 e. The van der Waals surface area contributed by atoms with Crippen LogP contribution in [0.25, 0.3) is 6.08 Å². The van der Waals surface area contributed by atoms with Crippen molar-refractivity contribution in [2.45, 2.75) is 0 Å². The second-order valence-electron chi connectivity index (χ2n) is 4.48. The van der Waals surface area contributed by atoms with Crippen LogP contribution in [-0.4, -0.2) is 29.9 Å². The first-order valence-electron chi connectivity index (χ1n) is 6.60. The minimum absolute atomic E-state index is 0.0680. The fourth-order valence-corrected chi connectivity index (χ4v) is 1.79. The molecular formula is C17H16O5. The van der Waals surface area contributed by atoms with Gasteiger partial charge in [0.2, 0.25) is 0 Å². The van der Waals surface area contributed by atoms with Crippen molar-refractivity contribution in [1.29, 1.82) is 0 Å². The Morgan fingerprint density at radius 3 is 2.55 bits per heavy atom. The van der Waals surface area contributed by atoms with Crippen molar-refractivity contribution in [3.8, 4) is 17.2 Å². The number of aromatic hydroxyl groups is 2. The van der Waals surface area contributed by atoms with Gasteiger partial charge in [-0.2, -0.15) is 0 Å². The van der Waals surface area contributed by atoms with Gasteiger partial charge in [-0.05, 0) is 48.0 Å². The number of hydrogen-bond donors (Lipinski definition) is 2. The standard InChI is InChI=1S/C17H16O5/c1-21-16-11-12(4-9-15(16)19)3-2-10-22-17(20)13-5-7-14(18)8-6-13/h2-9,11,18-19H,10H2,1H3/b3-2+. The number of hydrogen-bond acceptors (Lipinski definition) is 5. The number of ether oxygens (including phenoxy) is 2. The van der Waals surface area contributed by atoms with E-state index in [-0.39, 0.29) is 18.1 Å². The summed E-state index contributed by atoms with van der Waals surface area (Å²) in [7, 11) is 1.47. The van der Waals surface area contributed by atoms with E-state index in [4.69, 9.17) is 14.6 Å². The summed E-state index contributed by atoms with van der Waals surface area (Å²) >= 11 is 0. The molecule has 0 fully saturated rings. The molecule has 114 valence electrons. The van der Waals surface area contributed by atoms with E-state index in [1.807, 2.05) is 0 Å². The molecule has 2 N–H and O–H groups in total.